The van der Waals surface area contributed by atoms with Crippen LogP contribution in [0.1, 0.15) is 37.8 Å². The monoisotopic (exact) mass is 306 g/mol. The molecule has 2 N–H and O–H groups in total. The fourth-order valence-corrected chi connectivity index (χ4v) is 2.26. The van der Waals surface area contributed by atoms with Crippen molar-refractivity contribution in [3.05, 3.63) is 29.3 Å². The number of carbonyl (C=O) groups is 1. The van der Waals surface area contributed by atoms with E-state index in [2.05, 4.69) is 10.6 Å². The number of urea groups is 1. The van der Waals surface area contributed by atoms with Crippen molar-refractivity contribution >= 4 is 6.03 Å². The molecule has 22 heavy (non-hydrogen) atoms. The first-order valence-corrected chi connectivity index (χ1v) is 7.96. The molecule has 0 bridgehead atoms. The number of rotatable bonds is 6. The maximum atomic E-state index is 11.8. The standard InChI is InChI=1S/C17H26N2O3/c1-4-13(3)19-17(20)18-10-14-6-5-12(2)9-16(14)22-15-7-8-21-11-15/h5-6,9,13,15H,4,7-8,10-11H2,1-3H3,(H2,18,19,20)/t13-,15-/m1/s1. The minimum absolute atomic E-state index is 0.106. The van der Waals surface area contributed by atoms with E-state index >= 15 is 0 Å². The normalized spacial score (nSPS) is 18.8. The van der Waals surface area contributed by atoms with Crippen molar-refractivity contribution in [3.8, 4) is 5.75 Å². The Kier molecular flexibility index (Phi) is 6.07. The van der Waals surface area contributed by atoms with Gasteiger partial charge >= 0.3 is 6.03 Å². The van der Waals surface area contributed by atoms with Gasteiger partial charge in [0, 0.05) is 24.6 Å². The van der Waals surface area contributed by atoms with Gasteiger partial charge in [-0.2, -0.15) is 0 Å². The van der Waals surface area contributed by atoms with Crippen LogP contribution < -0.4 is 15.4 Å². The molecule has 0 radical (unpaired) electrons. The first kappa shape index (κ1) is 16.6. The van der Waals surface area contributed by atoms with Crippen LogP contribution in [0.15, 0.2) is 18.2 Å². The number of aryl methyl sites for hydroxylation is 1. The lowest BCUT2D eigenvalue weighted by molar-refractivity contribution is 0.140. The van der Waals surface area contributed by atoms with E-state index < -0.39 is 0 Å². The molecule has 0 aliphatic carbocycles. The van der Waals surface area contributed by atoms with Gasteiger partial charge in [-0.25, -0.2) is 4.79 Å². The van der Waals surface area contributed by atoms with Gasteiger partial charge in [-0.3, -0.25) is 0 Å². The zero-order chi connectivity index (χ0) is 15.9. The molecule has 0 saturated carbocycles. The van der Waals surface area contributed by atoms with E-state index in [0.717, 1.165) is 36.3 Å². The van der Waals surface area contributed by atoms with Gasteiger partial charge in [0.05, 0.1) is 13.2 Å². The summed E-state index contributed by atoms with van der Waals surface area (Å²) < 4.78 is 11.4. The van der Waals surface area contributed by atoms with Crippen molar-refractivity contribution in [2.75, 3.05) is 13.2 Å². The van der Waals surface area contributed by atoms with Crippen molar-refractivity contribution in [2.24, 2.45) is 0 Å². The zero-order valence-corrected chi connectivity index (χ0v) is 13.6. The van der Waals surface area contributed by atoms with Crippen LogP contribution in [-0.4, -0.2) is 31.4 Å². The maximum Gasteiger partial charge on any atom is 0.315 e. The van der Waals surface area contributed by atoms with Gasteiger partial charge in [0.1, 0.15) is 11.9 Å². The smallest absolute Gasteiger partial charge is 0.315 e. The average molecular weight is 306 g/mol. The lowest BCUT2D eigenvalue weighted by atomic mass is 10.1. The predicted octanol–water partition coefficient (Wildman–Crippen LogP) is 2.76. The third-order valence-electron chi connectivity index (χ3n) is 3.83. The highest BCUT2D eigenvalue weighted by Crippen LogP contribution is 2.23. The third-order valence-corrected chi connectivity index (χ3v) is 3.83. The van der Waals surface area contributed by atoms with Crippen LogP contribution in [0.3, 0.4) is 0 Å². The van der Waals surface area contributed by atoms with Gasteiger partial charge in [-0.1, -0.05) is 19.1 Å². The average Bonchev–Trinajstić information content (AvgIpc) is 2.99. The minimum atomic E-state index is -0.148. The third kappa shape index (κ3) is 4.91. The molecule has 1 aromatic rings. The first-order chi connectivity index (χ1) is 10.6. The Balaban J connectivity index is 1.95. The van der Waals surface area contributed by atoms with Crippen LogP contribution in [0.5, 0.6) is 5.75 Å². The highest BCUT2D eigenvalue weighted by atomic mass is 16.5. The van der Waals surface area contributed by atoms with Crippen molar-refractivity contribution in [3.63, 3.8) is 0 Å². The molecule has 2 amide bonds. The minimum Gasteiger partial charge on any atom is -0.488 e. The van der Waals surface area contributed by atoms with E-state index in [4.69, 9.17) is 9.47 Å². The predicted molar refractivity (Wildman–Crippen MR) is 86.2 cm³/mol. The molecule has 1 saturated heterocycles. The molecule has 0 unspecified atom stereocenters. The summed E-state index contributed by atoms with van der Waals surface area (Å²) in [6.45, 7) is 7.90. The highest BCUT2D eigenvalue weighted by molar-refractivity contribution is 5.74. The van der Waals surface area contributed by atoms with Crippen molar-refractivity contribution < 1.29 is 14.3 Å². The van der Waals surface area contributed by atoms with Gasteiger partial charge < -0.3 is 20.1 Å². The Labute approximate surface area is 132 Å². The summed E-state index contributed by atoms with van der Waals surface area (Å²) >= 11 is 0. The van der Waals surface area contributed by atoms with Gasteiger partial charge in [-0.15, -0.1) is 0 Å². The Morgan fingerprint density at radius 3 is 3.00 bits per heavy atom. The number of ether oxygens (including phenoxy) is 2. The fraction of sp³-hybridized carbons (Fsp3) is 0.588. The molecule has 0 spiro atoms. The number of nitrogens with one attached hydrogen (secondary N) is 2. The van der Waals surface area contributed by atoms with Crippen LogP contribution in [0, 0.1) is 6.92 Å². The zero-order valence-electron chi connectivity index (χ0n) is 13.6. The lowest BCUT2D eigenvalue weighted by Gasteiger charge is -2.17. The van der Waals surface area contributed by atoms with Crippen molar-refractivity contribution in [1.82, 2.24) is 10.6 Å². The molecule has 5 heteroatoms. The van der Waals surface area contributed by atoms with E-state index in [1.165, 1.54) is 0 Å². The van der Waals surface area contributed by atoms with Gasteiger partial charge in [0.25, 0.3) is 0 Å². The Morgan fingerprint density at radius 1 is 1.50 bits per heavy atom. The first-order valence-electron chi connectivity index (χ1n) is 7.96. The molecule has 1 aliphatic heterocycles. The number of carbonyl (C=O) groups excluding carboxylic acids is 1. The molecule has 2 rings (SSSR count). The van der Waals surface area contributed by atoms with E-state index in [0.29, 0.717) is 13.2 Å². The topological polar surface area (TPSA) is 59.6 Å². The van der Waals surface area contributed by atoms with Gasteiger partial charge in [0.2, 0.25) is 0 Å². The largest absolute Gasteiger partial charge is 0.488 e. The second-order valence-electron chi connectivity index (χ2n) is 5.85. The summed E-state index contributed by atoms with van der Waals surface area (Å²) in [6, 6.07) is 6.07. The number of hydrogen-bond donors (Lipinski definition) is 2. The molecule has 5 nitrogen and oxygen atoms in total. The SMILES string of the molecule is CC[C@@H](C)NC(=O)NCc1ccc(C)cc1O[C@@H]1CCOC1. The van der Waals surface area contributed by atoms with Crippen LogP contribution in [0.25, 0.3) is 0 Å². The Morgan fingerprint density at radius 2 is 2.32 bits per heavy atom. The molecule has 0 aromatic heterocycles. The molecule has 1 aliphatic rings. The summed E-state index contributed by atoms with van der Waals surface area (Å²) in [5.41, 5.74) is 2.12. The molecular weight excluding hydrogens is 280 g/mol. The molecule has 122 valence electrons. The van der Waals surface area contributed by atoms with Gasteiger partial charge in [-0.05, 0) is 31.9 Å². The second kappa shape index (κ2) is 8.03. The summed E-state index contributed by atoms with van der Waals surface area (Å²) in [4.78, 5) is 11.8. The van der Waals surface area contributed by atoms with Crippen LogP contribution >= 0.6 is 0 Å². The quantitative estimate of drug-likeness (QED) is 0.849. The maximum absolute atomic E-state index is 11.8. The molecule has 1 fully saturated rings. The van der Waals surface area contributed by atoms with Crippen LogP contribution in [0.4, 0.5) is 4.79 Å². The second-order valence-corrected chi connectivity index (χ2v) is 5.85. The summed E-state index contributed by atoms with van der Waals surface area (Å²) in [7, 11) is 0. The molecule has 1 aromatic carbocycles. The van der Waals surface area contributed by atoms with Crippen molar-refractivity contribution in [1.29, 1.82) is 0 Å². The summed E-state index contributed by atoms with van der Waals surface area (Å²) in [5.74, 6) is 0.833. The number of benzene rings is 1. The van der Waals surface area contributed by atoms with Crippen LogP contribution in [-0.2, 0) is 11.3 Å². The number of amides is 2. The van der Waals surface area contributed by atoms with Crippen LogP contribution in [0.2, 0.25) is 0 Å². The van der Waals surface area contributed by atoms with E-state index in [1.54, 1.807) is 0 Å². The summed E-state index contributed by atoms with van der Waals surface area (Å²) in [5, 5.41) is 5.78. The van der Waals surface area contributed by atoms with E-state index in [1.807, 2.05) is 39.0 Å². The summed E-state index contributed by atoms with van der Waals surface area (Å²) in [6.07, 6.45) is 1.93. The highest BCUT2D eigenvalue weighted by Gasteiger charge is 2.19. The Bertz CT molecular complexity index is 499. The fourth-order valence-electron chi connectivity index (χ4n) is 2.26. The van der Waals surface area contributed by atoms with E-state index in [9.17, 15) is 4.79 Å². The van der Waals surface area contributed by atoms with Crippen molar-refractivity contribution in [2.45, 2.75) is 52.3 Å². The van der Waals surface area contributed by atoms with E-state index in [-0.39, 0.29) is 18.2 Å². The lowest BCUT2D eigenvalue weighted by Crippen LogP contribution is -2.40. The molecule has 1 heterocycles. The molecular formula is C17H26N2O3. The Hall–Kier alpha value is -1.75. The molecule has 2 atom stereocenters. The number of hydrogen-bond acceptors (Lipinski definition) is 3. The van der Waals surface area contributed by atoms with Gasteiger partial charge in [0.15, 0.2) is 0 Å².